The van der Waals surface area contributed by atoms with Crippen LogP contribution in [0.15, 0.2) is 47.9 Å². The summed E-state index contributed by atoms with van der Waals surface area (Å²) in [5, 5.41) is 16.3. The van der Waals surface area contributed by atoms with Crippen LogP contribution in [0.4, 0.5) is 0 Å². The average molecular weight is 979 g/mol. The van der Waals surface area contributed by atoms with Gasteiger partial charge in [0.15, 0.2) is 0 Å². The standard InChI is InChI=1S/C49H74N10O9S/c1-8-32(4)43(56-47(66)37-19-13-15-26-57(37)5)49(67)58(6)38(31(2)3)29-39(68-7)48-55-36(30-69-48)46(65)54-35(28-33-16-10-9-11-17-33)45(64)53-34(18-12-14-23-50)44(63)52-25-24-51-40(60)22-27-59-41(61)20-21-42(59)62/h9-11,16-17,20-21,30-32,34-35,37-39,43H,8,12-15,18-19,22-29,50H2,1-7H3,(H,51,60)(H,52,63)(H,53,64)(H,54,65)(H,56,66)/t32-,34-,35-,37+,38+,39+,43-/m0/s1. The van der Waals surface area contributed by atoms with E-state index in [0.29, 0.717) is 37.2 Å². The first-order valence-corrected chi connectivity index (χ1v) is 25.1. The van der Waals surface area contributed by atoms with E-state index in [1.54, 1.807) is 24.4 Å². The summed E-state index contributed by atoms with van der Waals surface area (Å²) in [5.74, 6) is -3.50. The first-order chi connectivity index (χ1) is 33.0. The Morgan fingerprint density at radius 2 is 1.62 bits per heavy atom. The van der Waals surface area contributed by atoms with Crippen molar-refractivity contribution in [3.63, 3.8) is 0 Å². The quantitative estimate of drug-likeness (QED) is 0.0531. The molecule has 7 N–H and O–H groups in total. The Balaban J connectivity index is 1.43. The molecule has 8 amide bonds. The molecular weight excluding hydrogens is 905 g/mol. The fourth-order valence-electron chi connectivity index (χ4n) is 8.45. The molecule has 1 aromatic heterocycles. The monoisotopic (exact) mass is 979 g/mol. The number of carbonyl (C=O) groups excluding carboxylic acids is 8. The van der Waals surface area contributed by atoms with Crippen LogP contribution in [-0.2, 0) is 44.7 Å². The number of likely N-dealkylation sites (tertiary alicyclic amines) is 1. The Labute approximate surface area is 410 Å². The number of thiazole rings is 1. The summed E-state index contributed by atoms with van der Waals surface area (Å²) < 4.78 is 5.96. The molecular formula is C49H74N10O9S. The summed E-state index contributed by atoms with van der Waals surface area (Å²) in [6, 6.07) is 5.72. The Morgan fingerprint density at radius 3 is 2.26 bits per heavy atom. The Hall–Kier alpha value is -5.57. The smallest absolute Gasteiger partial charge is 0.271 e. The molecule has 1 saturated heterocycles. The third-order valence-corrected chi connectivity index (χ3v) is 13.9. The molecule has 0 aliphatic carbocycles. The van der Waals surface area contributed by atoms with Gasteiger partial charge < -0.3 is 42.0 Å². The zero-order valence-corrected chi connectivity index (χ0v) is 42.1. The number of carbonyl (C=O) groups is 8. The van der Waals surface area contributed by atoms with E-state index < -0.39 is 59.7 Å². The van der Waals surface area contributed by atoms with E-state index >= 15 is 0 Å². The number of hydrogen-bond acceptors (Lipinski definition) is 13. The number of aromatic nitrogens is 1. The Kier molecular flexibility index (Phi) is 22.9. The van der Waals surface area contributed by atoms with Crippen LogP contribution in [-0.4, -0.2) is 151 Å². The average Bonchev–Trinajstić information content (AvgIpc) is 3.96. The molecule has 0 radical (unpaired) electrons. The van der Waals surface area contributed by atoms with Gasteiger partial charge in [0.2, 0.25) is 29.5 Å². The van der Waals surface area contributed by atoms with Crippen molar-refractivity contribution in [2.24, 2.45) is 17.6 Å². The fraction of sp³-hybridized carbons (Fsp3) is 0.612. The number of amides is 8. The maximum Gasteiger partial charge on any atom is 0.271 e. The largest absolute Gasteiger partial charge is 0.374 e. The van der Waals surface area contributed by atoms with E-state index in [0.717, 1.165) is 48.4 Å². The maximum atomic E-state index is 14.3. The highest BCUT2D eigenvalue weighted by Gasteiger charge is 2.37. The van der Waals surface area contributed by atoms with Crippen molar-refractivity contribution in [2.75, 3.05) is 53.9 Å². The van der Waals surface area contributed by atoms with Crippen LogP contribution in [0.5, 0.6) is 0 Å². The van der Waals surface area contributed by atoms with Gasteiger partial charge >= 0.3 is 0 Å². The molecule has 0 unspecified atom stereocenters. The molecule has 19 nitrogen and oxygen atoms in total. The van der Waals surface area contributed by atoms with Crippen LogP contribution >= 0.6 is 11.3 Å². The fourth-order valence-corrected chi connectivity index (χ4v) is 9.33. The topological polar surface area (TPSA) is 255 Å². The second-order valence-corrected chi connectivity index (χ2v) is 19.2. The number of benzene rings is 1. The number of nitrogens with one attached hydrogen (secondary N) is 5. The molecule has 1 fully saturated rings. The predicted octanol–water partition coefficient (Wildman–Crippen LogP) is 2.22. The van der Waals surface area contributed by atoms with Gasteiger partial charge in [0, 0.05) is 76.6 Å². The van der Waals surface area contributed by atoms with E-state index in [1.807, 2.05) is 65.1 Å². The molecule has 7 atom stereocenters. The van der Waals surface area contributed by atoms with Crippen molar-refractivity contribution in [2.45, 2.75) is 128 Å². The number of unbranched alkanes of at least 4 members (excludes halogenated alkanes) is 1. The second-order valence-electron chi connectivity index (χ2n) is 18.3. The van der Waals surface area contributed by atoms with Gasteiger partial charge in [-0.1, -0.05) is 70.9 Å². The molecule has 20 heteroatoms. The van der Waals surface area contributed by atoms with Gasteiger partial charge in [0.25, 0.3) is 17.7 Å². The minimum atomic E-state index is -1.11. The zero-order valence-electron chi connectivity index (χ0n) is 41.3. The van der Waals surface area contributed by atoms with Crippen molar-refractivity contribution in [3.05, 3.63) is 64.1 Å². The Morgan fingerprint density at radius 1 is 0.928 bits per heavy atom. The number of imide groups is 1. The van der Waals surface area contributed by atoms with Gasteiger partial charge in [-0.25, -0.2) is 4.98 Å². The molecule has 2 aliphatic heterocycles. The highest BCUT2D eigenvalue weighted by molar-refractivity contribution is 7.09. The van der Waals surface area contributed by atoms with Crippen LogP contribution in [0.3, 0.4) is 0 Å². The lowest BCUT2D eigenvalue weighted by atomic mass is 9.92. The van der Waals surface area contributed by atoms with E-state index in [4.69, 9.17) is 10.5 Å². The molecule has 380 valence electrons. The summed E-state index contributed by atoms with van der Waals surface area (Å²) in [6.07, 6.45) is 6.89. The number of rotatable bonds is 28. The lowest BCUT2D eigenvalue weighted by molar-refractivity contribution is -0.141. The van der Waals surface area contributed by atoms with Gasteiger partial charge in [-0.05, 0) is 69.6 Å². The molecule has 2 aliphatic rings. The van der Waals surface area contributed by atoms with Crippen LogP contribution in [0.25, 0.3) is 0 Å². The Bertz CT molecular complexity index is 2070. The number of piperidine rings is 1. The van der Waals surface area contributed by atoms with E-state index in [2.05, 4.69) is 36.5 Å². The molecule has 0 saturated carbocycles. The summed E-state index contributed by atoms with van der Waals surface area (Å²) in [4.78, 5) is 115. The molecule has 4 rings (SSSR count). The van der Waals surface area contributed by atoms with Crippen LogP contribution in [0, 0.1) is 11.8 Å². The number of nitrogens with two attached hydrogens (primary N) is 1. The third kappa shape index (κ3) is 16.8. The van der Waals surface area contributed by atoms with E-state index in [-0.39, 0.29) is 80.3 Å². The van der Waals surface area contributed by atoms with Gasteiger partial charge in [-0.3, -0.25) is 48.2 Å². The summed E-state index contributed by atoms with van der Waals surface area (Å²) in [5.41, 5.74) is 6.57. The number of ether oxygens (including phenoxy) is 1. The third-order valence-electron chi connectivity index (χ3n) is 12.9. The van der Waals surface area contributed by atoms with Crippen LogP contribution in [0.2, 0.25) is 0 Å². The minimum absolute atomic E-state index is 0.00730. The van der Waals surface area contributed by atoms with E-state index in [1.165, 1.54) is 11.3 Å². The van der Waals surface area contributed by atoms with Gasteiger partial charge in [-0.15, -0.1) is 11.3 Å². The summed E-state index contributed by atoms with van der Waals surface area (Å²) in [7, 11) is 5.25. The lowest BCUT2D eigenvalue weighted by Crippen LogP contribution is -2.58. The first kappa shape index (κ1) is 56.0. The second kappa shape index (κ2) is 28.2. The first-order valence-electron chi connectivity index (χ1n) is 24.2. The van der Waals surface area contributed by atoms with Crippen LogP contribution < -0.4 is 32.3 Å². The minimum Gasteiger partial charge on any atom is -0.374 e. The number of hydrogen-bond donors (Lipinski definition) is 6. The molecule has 69 heavy (non-hydrogen) atoms. The highest BCUT2D eigenvalue weighted by atomic mass is 32.1. The normalized spacial score (nSPS) is 17.6. The molecule has 1 aromatic carbocycles. The van der Waals surface area contributed by atoms with Crippen LogP contribution in [0.1, 0.15) is 113 Å². The molecule has 0 bridgehead atoms. The molecule has 2 aromatic rings. The van der Waals surface area contributed by atoms with Crippen molar-refractivity contribution in [1.82, 2.24) is 46.3 Å². The van der Waals surface area contributed by atoms with Gasteiger partial charge in [-0.2, -0.15) is 0 Å². The SMILES string of the molecule is CC[C@H](C)[C@H](NC(=O)[C@H]1CCCCN1C)C(=O)N(C)[C@H](C[C@@H](OC)c1nc(C(=O)N[C@@H](Cc2ccccc2)C(=O)N[C@@H](CCCCN)C(=O)NCCNC(=O)CCN2C(=O)C=CC2=O)cs1)C(C)C. The number of likely N-dealkylation sites (N-methyl/N-ethyl adjacent to an activating group) is 2. The van der Waals surface area contributed by atoms with Crippen molar-refractivity contribution in [1.29, 1.82) is 0 Å². The van der Waals surface area contributed by atoms with Gasteiger partial charge in [0.05, 0.1) is 6.04 Å². The predicted molar refractivity (Wildman–Crippen MR) is 262 cm³/mol. The highest BCUT2D eigenvalue weighted by Crippen LogP contribution is 2.30. The van der Waals surface area contributed by atoms with Crippen molar-refractivity contribution in [3.8, 4) is 0 Å². The summed E-state index contributed by atoms with van der Waals surface area (Å²) in [6.45, 7) is 9.26. The lowest BCUT2D eigenvalue weighted by Gasteiger charge is -2.38. The number of nitrogens with zero attached hydrogens (tertiary/aromatic N) is 4. The maximum absolute atomic E-state index is 14.3. The van der Waals surface area contributed by atoms with Gasteiger partial charge in [0.1, 0.15) is 34.9 Å². The van der Waals surface area contributed by atoms with Crippen molar-refractivity contribution >= 4 is 58.6 Å². The molecule has 3 heterocycles. The number of methoxy groups -OCH3 is 1. The zero-order chi connectivity index (χ0) is 50.6. The van der Waals surface area contributed by atoms with Crippen molar-refractivity contribution < 1.29 is 43.1 Å². The summed E-state index contributed by atoms with van der Waals surface area (Å²) >= 11 is 1.22. The molecule has 0 spiro atoms. The van der Waals surface area contributed by atoms with E-state index in [9.17, 15) is 38.4 Å².